The summed E-state index contributed by atoms with van der Waals surface area (Å²) in [6, 6.07) is 0.166. The van der Waals surface area contributed by atoms with Gasteiger partial charge in [0.2, 0.25) is 0 Å². The van der Waals surface area contributed by atoms with Gasteiger partial charge in [0.25, 0.3) is 10.2 Å². The molecule has 1 saturated carbocycles. The summed E-state index contributed by atoms with van der Waals surface area (Å²) in [5, 5.41) is 0. The van der Waals surface area contributed by atoms with Crippen LogP contribution in [0.15, 0.2) is 0 Å². The largest absolute Gasteiger partial charge is 0.327 e. The topological polar surface area (TPSA) is 75.4 Å². The summed E-state index contributed by atoms with van der Waals surface area (Å²) in [7, 11) is -3.27. The highest BCUT2D eigenvalue weighted by atomic mass is 32.2. The molecule has 3 N–H and O–H groups in total. The van der Waals surface area contributed by atoms with Gasteiger partial charge in [-0.15, -0.1) is 0 Å². The van der Waals surface area contributed by atoms with Gasteiger partial charge >= 0.3 is 0 Å². The minimum atomic E-state index is -3.27. The maximum absolute atomic E-state index is 12.0. The number of nitrogens with zero attached hydrogens (tertiary/aromatic N) is 1. The van der Waals surface area contributed by atoms with Crippen molar-refractivity contribution in [3.63, 3.8) is 0 Å². The molecule has 0 aromatic carbocycles. The number of piperidine rings is 1. The predicted molar refractivity (Wildman–Crippen MR) is 67.7 cm³/mol. The van der Waals surface area contributed by atoms with Gasteiger partial charge in [-0.25, -0.2) is 4.72 Å². The molecule has 2 aliphatic rings. The Morgan fingerprint density at radius 2 is 1.82 bits per heavy atom. The Labute approximate surface area is 104 Å². The first-order valence-electron chi connectivity index (χ1n) is 6.60. The van der Waals surface area contributed by atoms with Crippen LogP contribution in [0, 0.1) is 5.92 Å². The van der Waals surface area contributed by atoms with Gasteiger partial charge in [0, 0.05) is 25.7 Å². The Hall–Kier alpha value is -0.170. The zero-order valence-electron chi connectivity index (χ0n) is 10.3. The lowest BCUT2D eigenvalue weighted by Gasteiger charge is -2.27. The van der Waals surface area contributed by atoms with Crippen molar-refractivity contribution in [3.05, 3.63) is 0 Å². The molecule has 2 atom stereocenters. The van der Waals surface area contributed by atoms with E-state index in [0.29, 0.717) is 25.6 Å². The summed E-state index contributed by atoms with van der Waals surface area (Å²) in [6.07, 6.45) is 6.28. The second kappa shape index (κ2) is 5.65. The van der Waals surface area contributed by atoms with Crippen molar-refractivity contribution in [2.75, 3.05) is 19.6 Å². The van der Waals surface area contributed by atoms with E-state index in [4.69, 9.17) is 5.73 Å². The Morgan fingerprint density at radius 3 is 2.41 bits per heavy atom. The molecule has 6 heteroatoms. The highest BCUT2D eigenvalue weighted by Gasteiger charge is 2.28. The van der Waals surface area contributed by atoms with Crippen LogP contribution in [-0.4, -0.2) is 38.4 Å². The van der Waals surface area contributed by atoms with Crippen LogP contribution in [0.5, 0.6) is 0 Å². The van der Waals surface area contributed by atoms with Gasteiger partial charge in [0.15, 0.2) is 0 Å². The quantitative estimate of drug-likeness (QED) is 0.771. The van der Waals surface area contributed by atoms with Crippen molar-refractivity contribution in [3.8, 4) is 0 Å². The fourth-order valence-electron chi connectivity index (χ4n) is 2.73. The van der Waals surface area contributed by atoms with Crippen molar-refractivity contribution in [1.29, 1.82) is 0 Å². The summed E-state index contributed by atoms with van der Waals surface area (Å²) < 4.78 is 28.3. The third kappa shape index (κ3) is 3.40. The second-order valence-corrected chi connectivity index (χ2v) is 6.92. The van der Waals surface area contributed by atoms with Gasteiger partial charge in [-0.05, 0) is 31.6 Å². The van der Waals surface area contributed by atoms with Gasteiger partial charge < -0.3 is 5.73 Å². The summed E-state index contributed by atoms with van der Waals surface area (Å²) in [4.78, 5) is 0. The molecule has 0 aromatic rings. The van der Waals surface area contributed by atoms with Crippen LogP contribution in [0.4, 0.5) is 0 Å². The summed E-state index contributed by atoms with van der Waals surface area (Å²) in [5.41, 5.74) is 5.94. The normalized spacial score (nSPS) is 31.8. The molecule has 1 aliphatic carbocycles. The lowest BCUT2D eigenvalue weighted by Crippen LogP contribution is -2.46. The van der Waals surface area contributed by atoms with E-state index in [0.717, 1.165) is 38.5 Å². The molecule has 2 fully saturated rings. The van der Waals surface area contributed by atoms with E-state index in [1.165, 1.54) is 0 Å². The zero-order valence-corrected chi connectivity index (χ0v) is 11.1. The Bertz CT molecular complexity index is 339. The molecule has 17 heavy (non-hydrogen) atoms. The molecular formula is C11H23N3O2S. The Kier molecular flexibility index (Phi) is 4.41. The fourth-order valence-corrected chi connectivity index (χ4v) is 4.07. The molecular weight excluding hydrogens is 238 g/mol. The molecule has 1 aliphatic heterocycles. The van der Waals surface area contributed by atoms with Crippen LogP contribution in [0.25, 0.3) is 0 Å². The first-order chi connectivity index (χ1) is 8.09. The number of nitrogens with one attached hydrogen (secondary N) is 1. The number of hydrogen-bond donors (Lipinski definition) is 2. The zero-order chi connectivity index (χ0) is 12.3. The molecule has 0 aromatic heterocycles. The number of rotatable bonds is 4. The van der Waals surface area contributed by atoms with Crippen molar-refractivity contribution >= 4 is 10.2 Å². The van der Waals surface area contributed by atoms with Crippen LogP contribution in [0.1, 0.15) is 38.5 Å². The van der Waals surface area contributed by atoms with Crippen LogP contribution in [-0.2, 0) is 10.2 Å². The number of hydrogen-bond acceptors (Lipinski definition) is 3. The first kappa shape index (κ1) is 13.3. The summed E-state index contributed by atoms with van der Waals surface area (Å²) in [5.74, 6) is 0.314. The minimum Gasteiger partial charge on any atom is -0.327 e. The molecule has 2 rings (SSSR count). The summed E-state index contributed by atoms with van der Waals surface area (Å²) >= 11 is 0. The molecule has 0 spiro atoms. The van der Waals surface area contributed by atoms with Crippen molar-refractivity contribution in [2.24, 2.45) is 11.7 Å². The Balaban J connectivity index is 1.84. The van der Waals surface area contributed by atoms with Crippen molar-refractivity contribution in [2.45, 2.75) is 44.6 Å². The van der Waals surface area contributed by atoms with E-state index < -0.39 is 10.2 Å². The van der Waals surface area contributed by atoms with Gasteiger partial charge in [0.05, 0.1) is 0 Å². The molecule has 0 radical (unpaired) electrons. The molecule has 1 heterocycles. The summed E-state index contributed by atoms with van der Waals surface area (Å²) in [6.45, 7) is 1.82. The number of nitrogens with two attached hydrogens (primary N) is 1. The standard InChI is InChI=1S/C11H23N3O2S/c12-11-6-4-5-10(11)9-13-17(15,16)14-7-2-1-3-8-14/h10-11,13H,1-9,12H2. The molecule has 0 bridgehead atoms. The molecule has 100 valence electrons. The minimum absolute atomic E-state index is 0.166. The lowest BCUT2D eigenvalue weighted by atomic mass is 10.1. The van der Waals surface area contributed by atoms with Gasteiger partial charge in [-0.2, -0.15) is 12.7 Å². The predicted octanol–water partition coefficient (Wildman–Crippen LogP) is 0.434. The van der Waals surface area contributed by atoms with E-state index in [9.17, 15) is 8.42 Å². The first-order valence-corrected chi connectivity index (χ1v) is 8.04. The fraction of sp³-hybridized carbons (Fsp3) is 1.00. The highest BCUT2D eigenvalue weighted by Crippen LogP contribution is 2.23. The van der Waals surface area contributed by atoms with E-state index in [-0.39, 0.29) is 6.04 Å². The molecule has 0 amide bonds. The van der Waals surface area contributed by atoms with E-state index in [1.54, 1.807) is 4.31 Å². The van der Waals surface area contributed by atoms with Crippen LogP contribution >= 0.6 is 0 Å². The average molecular weight is 261 g/mol. The van der Waals surface area contributed by atoms with Crippen LogP contribution in [0.2, 0.25) is 0 Å². The monoisotopic (exact) mass is 261 g/mol. The van der Waals surface area contributed by atoms with E-state index in [2.05, 4.69) is 4.72 Å². The lowest BCUT2D eigenvalue weighted by molar-refractivity contribution is 0.338. The molecule has 1 saturated heterocycles. The smallest absolute Gasteiger partial charge is 0.279 e. The van der Waals surface area contributed by atoms with Crippen molar-refractivity contribution < 1.29 is 8.42 Å². The van der Waals surface area contributed by atoms with E-state index >= 15 is 0 Å². The Morgan fingerprint density at radius 1 is 1.12 bits per heavy atom. The van der Waals surface area contributed by atoms with Gasteiger partial charge in [-0.3, -0.25) is 0 Å². The maximum atomic E-state index is 12.0. The SMILES string of the molecule is NC1CCCC1CNS(=O)(=O)N1CCCCC1. The third-order valence-corrected chi connectivity index (χ3v) is 5.48. The molecule has 5 nitrogen and oxygen atoms in total. The van der Waals surface area contributed by atoms with Crippen LogP contribution < -0.4 is 10.5 Å². The van der Waals surface area contributed by atoms with Crippen molar-refractivity contribution in [1.82, 2.24) is 9.03 Å². The maximum Gasteiger partial charge on any atom is 0.279 e. The van der Waals surface area contributed by atoms with Gasteiger partial charge in [0.1, 0.15) is 0 Å². The van der Waals surface area contributed by atoms with Crippen LogP contribution in [0.3, 0.4) is 0 Å². The highest BCUT2D eigenvalue weighted by molar-refractivity contribution is 7.87. The average Bonchev–Trinajstić information content (AvgIpc) is 2.74. The third-order valence-electron chi connectivity index (χ3n) is 3.90. The van der Waals surface area contributed by atoms with Gasteiger partial charge in [-0.1, -0.05) is 12.8 Å². The second-order valence-electron chi connectivity index (χ2n) is 5.17. The molecule has 2 unspecified atom stereocenters. The van der Waals surface area contributed by atoms with E-state index in [1.807, 2.05) is 0 Å².